The van der Waals surface area contributed by atoms with Crippen LogP contribution in [0, 0.1) is 5.82 Å². The molecule has 1 aliphatic heterocycles. The van der Waals surface area contributed by atoms with Crippen LogP contribution in [0.5, 0.6) is 5.75 Å². The van der Waals surface area contributed by atoms with Crippen molar-refractivity contribution in [2.45, 2.75) is 18.6 Å². The van der Waals surface area contributed by atoms with Gasteiger partial charge < -0.3 is 10.5 Å². The number of nitrogens with two attached hydrogens (primary N) is 1. The van der Waals surface area contributed by atoms with Gasteiger partial charge in [0.2, 0.25) is 0 Å². The fourth-order valence-electron chi connectivity index (χ4n) is 2.43. The minimum absolute atomic E-state index is 0.219. The molecule has 0 radical (unpaired) electrons. The van der Waals surface area contributed by atoms with E-state index in [2.05, 4.69) is 15.9 Å². The van der Waals surface area contributed by atoms with Crippen LogP contribution < -0.4 is 10.5 Å². The van der Waals surface area contributed by atoms with Crippen molar-refractivity contribution in [1.82, 2.24) is 0 Å². The van der Waals surface area contributed by atoms with Gasteiger partial charge in [0.05, 0.1) is 0 Å². The smallest absolute Gasteiger partial charge is 0.127 e. The van der Waals surface area contributed by atoms with Crippen LogP contribution in [-0.2, 0) is 0 Å². The van der Waals surface area contributed by atoms with Crippen LogP contribution in [0.1, 0.15) is 29.7 Å². The van der Waals surface area contributed by atoms with Crippen molar-refractivity contribution < 1.29 is 9.13 Å². The Balaban J connectivity index is 1.97. The quantitative estimate of drug-likeness (QED) is 0.799. The molecule has 2 N–H and O–H groups in total. The third kappa shape index (κ3) is 2.55. The number of fused-ring (bicyclic) bond motifs is 1. The van der Waals surface area contributed by atoms with Crippen LogP contribution in [0.3, 0.4) is 0 Å². The van der Waals surface area contributed by atoms with Crippen molar-refractivity contribution in [3.05, 3.63) is 62.8 Å². The molecule has 1 heterocycles. The number of ether oxygens (including phenoxy) is 1. The summed E-state index contributed by atoms with van der Waals surface area (Å²) in [5.41, 5.74) is 7.72. The summed E-state index contributed by atoms with van der Waals surface area (Å²) in [6.07, 6.45) is 0.348. The molecule has 0 aromatic heterocycles. The maximum Gasteiger partial charge on any atom is 0.127 e. The summed E-state index contributed by atoms with van der Waals surface area (Å²) >= 11 is 9.63. The molecular weight excluding hydrogens is 345 g/mol. The van der Waals surface area contributed by atoms with Crippen LogP contribution in [0.25, 0.3) is 0 Å². The van der Waals surface area contributed by atoms with Gasteiger partial charge in [-0.3, -0.25) is 0 Å². The minimum Gasteiger partial charge on any atom is -0.485 e. The van der Waals surface area contributed by atoms with E-state index >= 15 is 0 Å². The molecule has 104 valence electrons. The van der Waals surface area contributed by atoms with Crippen molar-refractivity contribution in [2.24, 2.45) is 5.73 Å². The predicted molar refractivity (Wildman–Crippen MR) is 80.5 cm³/mol. The van der Waals surface area contributed by atoms with E-state index in [0.29, 0.717) is 22.8 Å². The SMILES string of the molecule is N[C@H]1CC(c2ccc(Br)cc2Cl)Oc2ccc(F)cc21. The minimum atomic E-state index is -0.303. The van der Waals surface area contributed by atoms with Crippen LogP contribution in [-0.4, -0.2) is 0 Å². The van der Waals surface area contributed by atoms with Gasteiger partial charge in [0.1, 0.15) is 17.7 Å². The molecule has 20 heavy (non-hydrogen) atoms. The average Bonchev–Trinajstić information content (AvgIpc) is 2.39. The molecule has 0 amide bonds. The van der Waals surface area contributed by atoms with E-state index in [1.807, 2.05) is 18.2 Å². The molecule has 0 spiro atoms. The van der Waals surface area contributed by atoms with Gasteiger partial charge in [0.15, 0.2) is 0 Å². The van der Waals surface area contributed by atoms with E-state index in [9.17, 15) is 4.39 Å². The Bertz CT molecular complexity index is 664. The first kappa shape index (κ1) is 13.9. The van der Waals surface area contributed by atoms with Gasteiger partial charge in [-0.25, -0.2) is 4.39 Å². The first-order chi connectivity index (χ1) is 9.54. The molecule has 2 aromatic carbocycles. The fourth-order valence-corrected chi connectivity index (χ4v) is 3.22. The van der Waals surface area contributed by atoms with Crippen molar-refractivity contribution in [2.75, 3.05) is 0 Å². The second-order valence-corrected chi connectivity index (χ2v) is 6.12. The second-order valence-electron chi connectivity index (χ2n) is 4.80. The van der Waals surface area contributed by atoms with Crippen LogP contribution >= 0.6 is 27.5 Å². The summed E-state index contributed by atoms with van der Waals surface area (Å²) < 4.78 is 20.1. The predicted octanol–water partition coefficient (Wildman–Crippen LogP) is 4.77. The van der Waals surface area contributed by atoms with Crippen molar-refractivity contribution in [1.29, 1.82) is 0 Å². The van der Waals surface area contributed by atoms with E-state index in [0.717, 1.165) is 10.0 Å². The highest BCUT2D eigenvalue weighted by Gasteiger charge is 2.28. The molecule has 2 aromatic rings. The van der Waals surface area contributed by atoms with Crippen LogP contribution in [0.15, 0.2) is 40.9 Å². The van der Waals surface area contributed by atoms with Gasteiger partial charge in [-0.05, 0) is 30.3 Å². The van der Waals surface area contributed by atoms with E-state index < -0.39 is 0 Å². The van der Waals surface area contributed by atoms with E-state index in [4.69, 9.17) is 22.1 Å². The number of rotatable bonds is 1. The van der Waals surface area contributed by atoms with Gasteiger partial charge in [-0.1, -0.05) is 33.6 Å². The Morgan fingerprint density at radius 1 is 1.20 bits per heavy atom. The molecule has 0 bridgehead atoms. The first-order valence-electron chi connectivity index (χ1n) is 6.21. The largest absolute Gasteiger partial charge is 0.485 e. The maximum atomic E-state index is 13.3. The Hall–Kier alpha value is -1.10. The second kappa shape index (κ2) is 5.35. The highest BCUT2D eigenvalue weighted by molar-refractivity contribution is 9.10. The zero-order chi connectivity index (χ0) is 14.3. The van der Waals surface area contributed by atoms with Gasteiger partial charge in [0, 0.05) is 33.1 Å². The third-order valence-electron chi connectivity index (χ3n) is 3.42. The lowest BCUT2D eigenvalue weighted by Crippen LogP contribution is -2.24. The molecule has 0 aliphatic carbocycles. The molecule has 3 rings (SSSR count). The van der Waals surface area contributed by atoms with Gasteiger partial charge in [0.25, 0.3) is 0 Å². The normalized spacial score (nSPS) is 21.2. The van der Waals surface area contributed by atoms with Gasteiger partial charge >= 0.3 is 0 Å². The van der Waals surface area contributed by atoms with Gasteiger partial charge in [-0.2, -0.15) is 0 Å². The Kier molecular flexibility index (Phi) is 3.71. The van der Waals surface area contributed by atoms with Crippen LogP contribution in [0.4, 0.5) is 4.39 Å². The molecule has 0 saturated carbocycles. The van der Waals surface area contributed by atoms with Crippen molar-refractivity contribution >= 4 is 27.5 Å². The Morgan fingerprint density at radius 3 is 2.75 bits per heavy atom. The lowest BCUT2D eigenvalue weighted by atomic mass is 9.93. The molecule has 1 aliphatic rings. The summed E-state index contributed by atoms with van der Waals surface area (Å²) in [7, 11) is 0. The highest BCUT2D eigenvalue weighted by Crippen LogP contribution is 2.41. The van der Waals surface area contributed by atoms with Crippen molar-refractivity contribution in [3.63, 3.8) is 0 Å². The Morgan fingerprint density at radius 2 is 2.00 bits per heavy atom. The lowest BCUT2D eigenvalue weighted by molar-refractivity contribution is 0.161. The first-order valence-corrected chi connectivity index (χ1v) is 7.38. The zero-order valence-electron chi connectivity index (χ0n) is 10.4. The number of halogens is 3. The molecule has 5 heteroatoms. The standard InChI is InChI=1S/C15H12BrClFNO/c16-8-1-3-10(12(17)5-8)15-7-13(19)11-6-9(18)2-4-14(11)20-15/h1-6,13,15H,7,19H2/t13-,15?/m0/s1. The Labute approximate surface area is 129 Å². The summed E-state index contributed by atoms with van der Waals surface area (Å²) in [5.74, 6) is 0.317. The third-order valence-corrected chi connectivity index (χ3v) is 4.24. The molecule has 0 fully saturated rings. The lowest BCUT2D eigenvalue weighted by Gasteiger charge is -2.31. The number of benzene rings is 2. The van der Waals surface area contributed by atoms with Crippen LogP contribution in [0.2, 0.25) is 5.02 Å². The number of hydrogen-bond acceptors (Lipinski definition) is 2. The molecule has 2 nitrogen and oxygen atoms in total. The average molecular weight is 357 g/mol. The van der Waals surface area contributed by atoms with Crippen molar-refractivity contribution in [3.8, 4) is 5.75 Å². The summed E-state index contributed by atoms with van der Waals surface area (Å²) in [6, 6.07) is 9.81. The monoisotopic (exact) mass is 355 g/mol. The molecular formula is C15H12BrClFNO. The fraction of sp³-hybridized carbons (Fsp3) is 0.200. The summed E-state index contributed by atoms with van der Waals surface area (Å²) in [4.78, 5) is 0. The summed E-state index contributed by atoms with van der Waals surface area (Å²) in [5, 5.41) is 0.627. The molecule has 0 saturated heterocycles. The summed E-state index contributed by atoms with van der Waals surface area (Å²) in [6.45, 7) is 0. The highest BCUT2D eigenvalue weighted by atomic mass is 79.9. The van der Waals surface area contributed by atoms with E-state index in [1.165, 1.54) is 12.1 Å². The topological polar surface area (TPSA) is 35.2 Å². The van der Waals surface area contributed by atoms with E-state index in [-0.39, 0.29) is 18.0 Å². The number of hydrogen-bond donors (Lipinski definition) is 1. The molecule has 1 unspecified atom stereocenters. The maximum absolute atomic E-state index is 13.3. The van der Waals surface area contributed by atoms with Gasteiger partial charge in [-0.15, -0.1) is 0 Å². The van der Waals surface area contributed by atoms with E-state index in [1.54, 1.807) is 6.07 Å². The molecule has 2 atom stereocenters. The zero-order valence-corrected chi connectivity index (χ0v) is 12.8.